The molecule has 0 aliphatic carbocycles. The fourth-order valence-corrected chi connectivity index (χ4v) is 2.05. The van der Waals surface area contributed by atoms with Gasteiger partial charge in [0.1, 0.15) is 16.5 Å². The Balaban J connectivity index is 2.32. The van der Waals surface area contributed by atoms with Gasteiger partial charge in [-0.1, -0.05) is 0 Å². The fraction of sp³-hybridized carbons (Fsp3) is 0.222. The van der Waals surface area contributed by atoms with Crippen LogP contribution in [0.2, 0.25) is 0 Å². The number of hydrogen-bond donors (Lipinski definition) is 2. The van der Waals surface area contributed by atoms with Crippen molar-refractivity contribution in [1.82, 2.24) is 9.97 Å². The third-order valence-corrected chi connectivity index (χ3v) is 2.77. The average molecular weight is 223 g/mol. The van der Waals surface area contributed by atoms with Gasteiger partial charge in [-0.2, -0.15) is 0 Å². The summed E-state index contributed by atoms with van der Waals surface area (Å²) >= 11 is 1.47. The van der Waals surface area contributed by atoms with Gasteiger partial charge in [-0.25, -0.2) is 9.97 Å². The Kier molecular flexibility index (Phi) is 2.51. The first-order valence-corrected chi connectivity index (χ1v) is 5.26. The number of hydrogen-bond acceptors (Lipinski definition) is 5. The maximum atomic E-state index is 10.4. The molecule has 0 bridgehead atoms. The van der Waals surface area contributed by atoms with Gasteiger partial charge in [-0.05, 0) is 11.4 Å². The SMILES string of the molecule is Nc1nc(CCC(=O)O)nc2sccc12. The monoisotopic (exact) mass is 223 g/mol. The van der Waals surface area contributed by atoms with Gasteiger partial charge in [0.05, 0.1) is 11.8 Å². The second kappa shape index (κ2) is 3.82. The highest BCUT2D eigenvalue weighted by Crippen LogP contribution is 2.22. The van der Waals surface area contributed by atoms with E-state index in [2.05, 4.69) is 9.97 Å². The molecule has 0 radical (unpaired) electrons. The highest BCUT2D eigenvalue weighted by atomic mass is 32.1. The zero-order chi connectivity index (χ0) is 10.8. The van der Waals surface area contributed by atoms with E-state index in [4.69, 9.17) is 10.8 Å². The minimum absolute atomic E-state index is 0.0241. The van der Waals surface area contributed by atoms with Crippen LogP contribution in [0.25, 0.3) is 10.2 Å². The van der Waals surface area contributed by atoms with Crippen molar-refractivity contribution in [3.63, 3.8) is 0 Å². The number of thiophene rings is 1. The Morgan fingerprint density at radius 1 is 1.53 bits per heavy atom. The molecule has 0 saturated heterocycles. The van der Waals surface area contributed by atoms with Crippen LogP contribution in [0.5, 0.6) is 0 Å². The normalized spacial score (nSPS) is 10.7. The van der Waals surface area contributed by atoms with Gasteiger partial charge in [-0.15, -0.1) is 11.3 Å². The molecule has 0 fully saturated rings. The van der Waals surface area contributed by atoms with Crippen molar-refractivity contribution >= 4 is 33.3 Å². The summed E-state index contributed by atoms with van der Waals surface area (Å²) in [7, 11) is 0. The molecule has 2 aromatic rings. The molecule has 3 N–H and O–H groups in total. The lowest BCUT2D eigenvalue weighted by Crippen LogP contribution is -2.03. The molecule has 2 aromatic heterocycles. The van der Waals surface area contributed by atoms with Gasteiger partial charge in [0.15, 0.2) is 0 Å². The molecule has 0 aliphatic heterocycles. The van der Waals surface area contributed by atoms with E-state index in [-0.39, 0.29) is 6.42 Å². The lowest BCUT2D eigenvalue weighted by molar-refractivity contribution is -0.137. The van der Waals surface area contributed by atoms with Crippen LogP contribution in [0.15, 0.2) is 11.4 Å². The minimum Gasteiger partial charge on any atom is -0.481 e. The average Bonchev–Trinajstić information content (AvgIpc) is 2.63. The summed E-state index contributed by atoms with van der Waals surface area (Å²) in [6.07, 6.45) is 0.337. The first kappa shape index (κ1) is 9.85. The van der Waals surface area contributed by atoms with E-state index in [0.717, 1.165) is 10.2 Å². The molecular weight excluding hydrogens is 214 g/mol. The molecular formula is C9H9N3O2S. The summed E-state index contributed by atoms with van der Waals surface area (Å²) < 4.78 is 0. The summed E-state index contributed by atoms with van der Waals surface area (Å²) in [5.74, 6) is 0.0509. The maximum Gasteiger partial charge on any atom is 0.303 e. The van der Waals surface area contributed by atoms with E-state index in [1.54, 1.807) is 0 Å². The zero-order valence-corrected chi connectivity index (χ0v) is 8.62. The van der Waals surface area contributed by atoms with E-state index in [9.17, 15) is 4.79 Å². The summed E-state index contributed by atoms with van der Waals surface area (Å²) in [5.41, 5.74) is 5.72. The molecule has 0 atom stereocenters. The lowest BCUT2D eigenvalue weighted by Gasteiger charge is -2.00. The number of aryl methyl sites for hydroxylation is 1. The number of anilines is 1. The van der Waals surface area contributed by atoms with Crippen LogP contribution in [0.3, 0.4) is 0 Å². The van der Waals surface area contributed by atoms with Crippen molar-refractivity contribution in [3.05, 3.63) is 17.3 Å². The molecule has 0 aromatic carbocycles. The third kappa shape index (κ3) is 2.04. The minimum atomic E-state index is -0.858. The number of aliphatic carboxylic acids is 1. The number of aromatic nitrogens is 2. The van der Waals surface area contributed by atoms with Crippen LogP contribution in [0, 0.1) is 0 Å². The van der Waals surface area contributed by atoms with Crippen LogP contribution in [-0.2, 0) is 11.2 Å². The van der Waals surface area contributed by atoms with Crippen LogP contribution < -0.4 is 5.73 Å². The predicted molar refractivity (Wildman–Crippen MR) is 57.8 cm³/mol. The molecule has 2 heterocycles. The van der Waals surface area contributed by atoms with Gasteiger partial charge in [0.2, 0.25) is 0 Å². The lowest BCUT2D eigenvalue weighted by atomic mass is 10.3. The Labute approximate surface area is 89.6 Å². The Morgan fingerprint density at radius 2 is 2.33 bits per heavy atom. The van der Waals surface area contributed by atoms with Crippen molar-refractivity contribution < 1.29 is 9.90 Å². The highest BCUT2D eigenvalue weighted by molar-refractivity contribution is 7.16. The van der Waals surface area contributed by atoms with Crippen molar-refractivity contribution in [2.75, 3.05) is 5.73 Å². The number of carboxylic acids is 1. The number of rotatable bonds is 3. The molecule has 15 heavy (non-hydrogen) atoms. The molecule has 6 heteroatoms. The third-order valence-electron chi connectivity index (χ3n) is 1.96. The van der Waals surface area contributed by atoms with Crippen LogP contribution in [-0.4, -0.2) is 21.0 Å². The first-order chi connectivity index (χ1) is 7.16. The molecule has 0 aliphatic rings. The predicted octanol–water partition coefficient (Wildman–Crippen LogP) is 1.29. The first-order valence-electron chi connectivity index (χ1n) is 4.38. The summed E-state index contributed by atoms with van der Waals surface area (Å²) in [4.78, 5) is 19.5. The van der Waals surface area contributed by atoms with Gasteiger partial charge >= 0.3 is 5.97 Å². The number of nitrogens with zero attached hydrogens (tertiary/aromatic N) is 2. The Hall–Kier alpha value is -1.69. The van der Waals surface area contributed by atoms with Gasteiger partial charge < -0.3 is 10.8 Å². The van der Waals surface area contributed by atoms with E-state index in [0.29, 0.717) is 18.1 Å². The molecule has 0 saturated carbocycles. The van der Waals surface area contributed by atoms with E-state index in [1.807, 2.05) is 11.4 Å². The summed E-state index contributed by atoms with van der Waals surface area (Å²) in [5, 5.41) is 11.3. The highest BCUT2D eigenvalue weighted by Gasteiger charge is 2.07. The van der Waals surface area contributed by atoms with Gasteiger partial charge in [-0.3, -0.25) is 4.79 Å². The molecule has 0 unspecified atom stereocenters. The van der Waals surface area contributed by atoms with E-state index >= 15 is 0 Å². The Bertz CT molecular complexity index is 509. The molecule has 2 rings (SSSR count). The quantitative estimate of drug-likeness (QED) is 0.818. The second-order valence-electron chi connectivity index (χ2n) is 3.06. The number of nitrogen functional groups attached to an aromatic ring is 1. The number of nitrogens with two attached hydrogens (primary N) is 1. The van der Waals surface area contributed by atoms with Crippen molar-refractivity contribution in [2.24, 2.45) is 0 Å². The number of carbonyl (C=O) groups is 1. The van der Waals surface area contributed by atoms with E-state index < -0.39 is 5.97 Å². The van der Waals surface area contributed by atoms with Gasteiger partial charge in [0.25, 0.3) is 0 Å². The maximum absolute atomic E-state index is 10.4. The van der Waals surface area contributed by atoms with Gasteiger partial charge in [0, 0.05) is 6.42 Å². The largest absolute Gasteiger partial charge is 0.481 e. The molecule has 0 spiro atoms. The number of fused-ring (bicyclic) bond motifs is 1. The summed E-state index contributed by atoms with van der Waals surface area (Å²) in [6, 6.07) is 1.86. The van der Waals surface area contributed by atoms with E-state index in [1.165, 1.54) is 11.3 Å². The van der Waals surface area contributed by atoms with Crippen LogP contribution in [0.1, 0.15) is 12.2 Å². The van der Waals surface area contributed by atoms with Crippen molar-refractivity contribution in [2.45, 2.75) is 12.8 Å². The second-order valence-corrected chi connectivity index (χ2v) is 3.95. The smallest absolute Gasteiger partial charge is 0.303 e. The Morgan fingerprint density at radius 3 is 3.07 bits per heavy atom. The number of carboxylic acid groups (broad SMARTS) is 1. The van der Waals surface area contributed by atoms with Crippen LogP contribution >= 0.6 is 11.3 Å². The van der Waals surface area contributed by atoms with Crippen LogP contribution in [0.4, 0.5) is 5.82 Å². The fourth-order valence-electron chi connectivity index (χ4n) is 1.25. The standard InChI is InChI=1S/C9H9N3O2S/c10-8-5-3-4-15-9(5)12-6(11-8)1-2-7(13)14/h3-4H,1-2H2,(H,13,14)(H2,10,11,12). The summed E-state index contributed by atoms with van der Waals surface area (Å²) in [6.45, 7) is 0. The zero-order valence-electron chi connectivity index (χ0n) is 7.80. The molecule has 78 valence electrons. The topological polar surface area (TPSA) is 89.1 Å². The van der Waals surface area contributed by atoms with Crippen molar-refractivity contribution in [3.8, 4) is 0 Å². The molecule has 5 nitrogen and oxygen atoms in total. The van der Waals surface area contributed by atoms with Crippen molar-refractivity contribution in [1.29, 1.82) is 0 Å². The molecule has 0 amide bonds.